The molecule has 0 spiro atoms. The van der Waals surface area contributed by atoms with Crippen LogP contribution in [-0.4, -0.2) is 17.7 Å². The van der Waals surface area contributed by atoms with E-state index in [1.165, 1.54) is 6.07 Å². The molecular formula is C17H13BrF3NO3. The van der Waals surface area contributed by atoms with Gasteiger partial charge in [0.25, 0.3) is 0 Å². The molecule has 1 aliphatic heterocycles. The zero-order valence-corrected chi connectivity index (χ0v) is 14.3. The minimum atomic E-state index is -4.49. The summed E-state index contributed by atoms with van der Waals surface area (Å²) in [6.45, 7) is -0.0885. The van der Waals surface area contributed by atoms with E-state index in [9.17, 15) is 18.0 Å². The van der Waals surface area contributed by atoms with E-state index in [4.69, 9.17) is 9.84 Å². The first-order valence-electron chi connectivity index (χ1n) is 7.33. The van der Waals surface area contributed by atoms with Crippen molar-refractivity contribution in [3.63, 3.8) is 0 Å². The Hall–Kier alpha value is -2.22. The lowest BCUT2D eigenvalue weighted by Crippen LogP contribution is -2.43. The lowest BCUT2D eigenvalue weighted by molar-refractivity contribution is -0.138. The van der Waals surface area contributed by atoms with E-state index in [0.29, 0.717) is 16.9 Å². The molecule has 3 rings (SSSR count). The van der Waals surface area contributed by atoms with Gasteiger partial charge < -0.3 is 15.2 Å². The normalized spacial score (nSPS) is 19.2. The van der Waals surface area contributed by atoms with Gasteiger partial charge >= 0.3 is 12.3 Å². The molecule has 1 amide bonds. The molecule has 0 saturated carbocycles. The van der Waals surface area contributed by atoms with E-state index in [1.54, 1.807) is 30.3 Å². The van der Waals surface area contributed by atoms with Gasteiger partial charge in [0.1, 0.15) is 5.75 Å². The molecule has 2 aromatic rings. The highest BCUT2D eigenvalue weighted by molar-refractivity contribution is 9.10. The lowest BCUT2D eigenvalue weighted by Gasteiger charge is -2.29. The second-order valence-electron chi connectivity index (χ2n) is 5.70. The minimum Gasteiger partial charge on any atom is -0.480 e. The fourth-order valence-corrected chi connectivity index (χ4v) is 3.63. The Balaban J connectivity index is 2.05. The van der Waals surface area contributed by atoms with Crippen molar-refractivity contribution in [1.82, 2.24) is 5.32 Å². The number of halogens is 4. The number of rotatable bonds is 3. The van der Waals surface area contributed by atoms with Gasteiger partial charge in [0.05, 0.1) is 12.1 Å². The number of nitrogens with one attached hydrogen (secondary N) is 1. The lowest BCUT2D eigenvalue weighted by atomic mass is 9.88. The number of carboxylic acid groups (broad SMARTS) is 1. The summed E-state index contributed by atoms with van der Waals surface area (Å²) in [5, 5.41) is 11.2. The van der Waals surface area contributed by atoms with Crippen LogP contribution in [0.15, 0.2) is 46.9 Å². The number of fused-ring (bicyclic) bond motifs is 1. The highest BCUT2D eigenvalue weighted by Gasteiger charge is 2.44. The van der Waals surface area contributed by atoms with Crippen LogP contribution < -0.4 is 10.1 Å². The van der Waals surface area contributed by atoms with Gasteiger partial charge in [0.2, 0.25) is 0 Å². The number of hydrogen-bond acceptors (Lipinski definition) is 2. The molecule has 0 fully saturated rings. The Labute approximate surface area is 149 Å². The molecule has 132 valence electrons. The van der Waals surface area contributed by atoms with E-state index >= 15 is 0 Å². The van der Waals surface area contributed by atoms with Gasteiger partial charge in [-0.15, -0.1) is 0 Å². The van der Waals surface area contributed by atoms with Crippen molar-refractivity contribution >= 4 is 22.0 Å². The predicted molar refractivity (Wildman–Crippen MR) is 87.6 cm³/mol. The maximum absolute atomic E-state index is 13.1. The predicted octanol–water partition coefficient (Wildman–Crippen LogP) is 4.57. The molecule has 0 unspecified atom stereocenters. The number of hydrogen-bond donors (Lipinski definition) is 2. The molecule has 8 heteroatoms. The van der Waals surface area contributed by atoms with Crippen LogP contribution in [0.1, 0.15) is 16.7 Å². The summed E-state index contributed by atoms with van der Waals surface area (Å²) in [6, 6.07) is 11.1. The molecule has 4 nitrogen and oxygen atoms in total. The van der Waals surface area contributed by atoms with Crippen LogP contribution in [0.25, 0.3) is 0 Å². The van der Waals surface area contributed by atoms with Gasteiger partial charge in [0, 0.05) is 16.5 Å². The number of carbonyl (C=O) groups is 1. The fraction of sp³-hybridized carbons (Fsp3) is 0.235. The molecule has 0 radical (unpaired) electrons. The number of benzene rings is 2. The second kappa shape index (κ2) is 6.25. The summed E-state index contributed by atoms with van der Waals surface area (Å²) >= 11 is 3.04. The van der Waals surface area contributed by atoms with Crippen LogP contribution in [0.4, 0.5) is 18.0 Å². The quantitative estimate of drug-likeness (QED) is 0.771. The molecule has 0 aliphatic carbocycles. The third-order valence-corrected chi connectivity index (χ3v) is 5.00. The zero-order chi connectivity index (χ0) is 18.2. The average molecular weight is 416 g/mol. The largest absolute Gasteiger partial charge is 0.480 e. The fourth-order valence-electron chi connectivity index (χ4n) is 2.94. The summed E-state index contributed by atoms with van der Waals surface area (Å²) in [5.41, 5.74) is -0.842. The van der Waals surface area contributed by atoms with Crippen molar-refractivity contribution in [1.29, 1.82) is 0 Å². The van der Waals surface area contributed by atoms with E-state index in [-0.39, 0.29) is 17.4 Å². The van der Waals surface area contributed by atoms with E-state index in [0.717, 1.165) is 6.07 Å². The Bertz CT molecular complexity index is 811. The summed E-state index contributed by atoms with van der Waals surface area (Å²) in [5.74, 6) is 0.302. The molecule has 25 heavy (non-hydrogen) atoms. The molecule has 0 bridgehead atoms. The van der Waals surface area contributed by atoms with Crippen LogP contribution >= 0.6 is 15.9 Å². The molecule has 2 aromatic carbocycles. The van der Waals surface area contributed by atoms with Gasteiger partial charge in [-0.2, -0.15) is 13.2 Å². The highest BCUT2D eigenvalue weighted by Crippen LogP contribution is 2.48. The van der Waals surface area contributed by atoms with E-state index in [2.05, 4.69) is 21.2 Å². The van der Waals surface area contributed by atoms with Gasteiger partial charge in [0.15, 0.2) is 5.60 Å². The second-order valence-corrected chi connectivity index (χ2v) is 6.49. The standard InChI is InChI=1S/C17H13BrF3NO3/c18-14-11-8-16(9-22-15(23)24,10-4-2-1-3-5-10)25-13(11)7-6-12(14)17(19,20)21/h1-7,22H,8-9H2,(H,23,24)/t16-/m1/s1. The van der Waals surface area contributed by atoms with Crippen LogP contribution in [-0.2, 0) is 18.2 Å². The molecule has 0 aromatic heterocycles. The van der Waals surface area contributed by atoms with Crippen LogP contribution in [0.5, 0.6) is 5.75 Å². The maximum atomic E-state index is 13.1. The highest BCUT2D eigenvalue weighted by atomic mass is 79.9. The van der Waals surface area contributed by atoms with Crippen molar-refractivity contribution in [2.45, 2.75) is 18.2 Å². The van der Waals surface area contributed by atoms with Crippen molar-refractivity contribution < 1.29 is 27.8 Å². The minimum absolute atomic E-state index is 0.0781. The van der Waals surface area contributed by atoms with E-state index in [1.807, 2.05) is 0 Å². The molecule has 1 heterocycles. The molecule has 2 N–H and O–H groups in total. The van der Waals surface area contributed by atoms with Gasteiger partial charge in [-0.05, 0) is 33.6 Å². The third kappa shape index (κ3) is 3.30. The first-order valence-corrected chi connectivity index (χ1v) is 8.12. The molecule has 1 aliphatic rings. The number of amides is 1. The summed E-state index contributed by atoms with van der Waals surface area (Å²) in [4.78, 5) is 10.9. The van der Waals surface area contributed by atoms with Crippen molar-refractivity contribution in [2.75, 3.05) is 6.54 Å². The first-order chi connectivity index (χ1) is 11.7. The Morgan fingerprint density at radius 3 is 2.52 bits per heavy atom. The Morgan fingerprint density at radius 1 is 1.24 bits per heavy atom. The number of ether oxygens (including phenoxy) is 1. The molecule has 0 saturated heterocycles. The first kappa shape index (κ1) is 17.6. The summed E-state index contributed by atoms with van der Waals surface area (Å²) in [6.07, 6.45) is -5.62. The van der Waals surface area contributed by atoms with E-state index < -0.39 is 23.4 Å². The maximum Gasteiger partial charge on any atom is 0.417 e. The molecule has 1 atom stereocenters. The molecular weight excluding hydrogens is 403 g/mol. The SMILES string of the molecule is O=C(O)NC[C@@]1(c2ccccc2)Cc2c(ccc(C(F)(F)F)c2Br)O1. The average Bonchev–Trinajstić information content (AvgIpc) is 2.94. The third-order valence-electron chi connectivity index (χ3n) is 4.10. The van der Waals surface area contributed by atoms with Gasteiger partial charge in [-0.3, -0.25) is 0 Å². The topological polar surface area (TPSA) is 58.6 Å². The van der Waals surface area contributed by atoms with Crippen molar-refractivity contribution in [3.8, 4) is 5.75 Å². The number of alkyl halides is 3. The Kier molecular flexibility index (Phi) is 4.40. The Morgan fingerprint density at radius 2 is 1.92 bits per heavy atom. The summed E-state index contributed by atoms with van der Waals surface area (Å²) < 4.78 is 45.3. The van der Waals surface area contributed by atoms with Crippen LogP contribution in [0.3, 0.4) is 0 Å². The van der Waals surface area contributed by atoms with Gasteiger partial charge in [-0.25, -0.2) is 4.79 Å². The zero-order valence-electron chi connectivity index (χ0n) is 12.7. The van der Waals surface area contributed by atoms with Crippen molar-refractivity contribution in [3.05, 3.63) is 63.6 Å². The summed E-state index contributed by atoms with van der Waals surface area (Å²) in [7, 11) is 0. The van der Waals surface area contributed by atoms with Crippen LogP contribution in [0.2, 0.25) is 0 Å². The monoisotopic (exact) mass is 415 g/mol. The van der Waals surface area contributed by atoms with Gasteiger partial charge in [-0.1, -0.05) is 30.3 Å². The van der Waals surface area contributed by atoms with Crippen molar-refractivity contribution in [2.24, 2.45) is 0 Å². The van der Waals surface area contributed by atoms with Crippen LogP contribution in [0, 0.1) is 0 Å². The smallest absolute Gasteiger partial charge is 0.417 e.